The van der Waals surface area contributed by atoms with Gasteiger partial charge in [-0.1, -0.05) is 18.8 Å². The molecule has 0 radical (unpaired) electrons. The van der Waals surface area contributed by atoms with Crippen LogP contribution in [0.3, 0.4) is 0 Å². The van der Waals surface area contributed by atoms with Crippen molar-refractivity contribution >= 4 is 0 Å². The van der Waals surface area contributed by atoms with Gasteiger partial charge >= 0.3 is 0 Å². The second kappa shape index (κ2) is 3.56. The van der Waals surface area contributed by atoms with Crippen molar-refractivity contribution in [3.8, 4) is 12.3 Å². The summed E-state index contributed by atoms with van der Waals surface area (Å²) < 4.78 is 0. The lowest BCUT2D eigenvalue weighted by Gasteiger charge is -2.47. The van der Waals surface area contributed by atoms with Crippen molar-refractivity contribution in [1.82, 2.24) is 5.32 Å². The highest BCUT2D eigenvalue weighted by molar-refractivity contribution is 5.16. The van der Waals surface area contributed by atoms with Crippen LogP contribution in [0.15, 0.2) is 0 Å². The molecule has 0 aromatic heterocycles. The largest absolute Gasteiger partial charge is 0.377 e. The predicted octanol–water partition coefficient (Wildman–Crippen LogP) is 1.29. The van der Waals surface area contributed by atoms with Crippen molar-refractivity contribution in [2.24, 2.45) is 5.92 Å². The Balaban J connectivity index is 2.20. The molecule has 0 spiro atoms. The van der Waals surface area contributed by atoms with Gasteiger partial charge in [0, 0.05) is 24.4 Å². The number of fused-ring (bicyclic) bond motifs is 1. The second-order valence-electron chi connectivity index (χ2n) is 4.84. The van der Waals surface area contributed by atoms with Crippen LogP contribution in [-0.2, 0) is 0 Å². The minimum absolute atomic E-state index is 0.275. The fraction of sp³-hybridized carbons (Fsp3) is 0.833. The quantitative estimate of drug-likeness (QED) is 0.568. The van der Waals surface area contributed by atoms with Crippen LogP contribution in [0.2, 0.25) is 0 Å². The monoisotopic (exact) mass is 193 g/mol. The molecular formula is C12H19NO. The Morgan fingerprint density at radius 3 is 2.86 bits per heavy atom. The first-order chi connectivity index (χ1) is 6.65. The third kappa shape index (κ3) is 1.55. The molecule has 0 amide bonds. The summed E-state index contributed by atoms with van der Waals surface area (Å²) in [6.45, 7) is 2.10. The van der Waals surface area contributed by atoms with E-state index >= 15 is 0 Å². The van der Waals surface area contributed by atoms with Crippen LogP contribution in [0.5, 0.6) is 0 Å². The fourth-order valence-electron chi connectivity index (χ4n) is 3.11. The Labute approximate surface area is 86.1 Å². The van der Waals surface area contributed by atoms with E-state index in [9.17, 15) is 5.11 Å². The molecule has 0 bridgehead atoms. The van der Waals surface area contributed by atoms with E-state index in [0.29, 0.717) is 18.5 Å². The molecular weight excluding hydrogens is 174 g/mol. The highest BCUT2D eigenvalue weighted by Crippen LogP contribution is 2.38. The van der Waals surface area contributed by atoms with Gasteiger partial charge in [-0.2, -0.15) is 0 Å². The summed E-state index contributed by atoms with van der Waals surface area (Å²) in [4.78, 5) is 0. The van der Waals surface area contributed by atoms with E-state index < -0.39 is 5.60 Å². The van der Waals surface area contributed by atoms with E-state index in [0.717, 1.165) is 6.42 Å². The number of hydrogen-bond acceptors (Lipinski definition) is 2. The molecule has 1 saturated carbocycles. The maximum absolute atomic E-state index is 10.4. The highest BCUT2D eigenvalue weighted by Gasteiger charge is 2.45. The predicted molar refractivity (Wildman–Crippen MR) is 56.7 cm³/mol. The maximum atomic E-state index is 10.4. The summed E-state index contributed by atoms with van der Waals surface area (Å²) in [6, 6.07) is 0.781. The smallest absolute Gasteiger partial charge is 0.130 e. The first-order valence-corrected chi connectivity index (χ1v) is 5.62. The molecule has 2 heteroatoms. The Bertz CT molecular complexity index is 258. The minimum atomic E-state index is -0.851. The maximum Gasteiger partial charge on any atom is 0.130 e. The van der Waals surface area contributed by atoms with Crippen LogP contribution in [0.1, 0.15) is 39.0 Å². The van der Waals surface area contributed by atoms with Gasteiger partial charge in [-0.3, -0.25) is 0 Å². The number of rotatable bonds is 0. The van der Waals surface area contributed by atoms with Gasteiger partial charge in [0.15, 0.2) is 0 Å². The summed E-state index contributed by atoms with van der Waals surface area (Å²) in [6.07, 6.45) is 10.9. The molecule has 2 N–H and O–H groups in total. The third-order valence-corrected chi connectivity index (χ3v) is 3.75. The minimum Gasteiger partial charge on any atom is -0.377 e. The van der Waals surface area contributed by atoms with Gasteiger partial charge in [-0.15, -0.1) is 6.42 Å². The fourth-order valence-corrected chi connectivity index (χ4v) is 3.11. The van der Waals surface area contributed by atoms with Gasteiger partial charge in [-0.05, 0) is 19.8 Å². The van der Waals surface area contributed by atoms with Crippen molar-refractivity contribution in [3.05, 3.63) is 0 Å². The number of nitrogens with one attached hydrogen (secondary N) is 1. The Kier molecular flexibility index (Phi) is 2.55. The van der Waals surface area contributed by atoms with Crippen LogP contribution < -0.4 is 5.32 Å². The molecule has 0 aromatic rings. The second-order valence-corrected chi connectivity index (χ2v) is 4.84. The summed E-state index contributed by atoms with van der Waals surface area (Å²) in [5.41, 5.74) is -0.851. The van der Waals surface area contributed by atoms with Gasteiger partial charge in [-0.25, -0.2) is 0 Å². The van der Waals surface area contributed by atoms with Crippen molar-refractivity contribution in [2.75, 3.05) is 0 Å². The lowest BCUT2D eigenvalue weighted by molar-refractivity contribution is -0.0384. The highest BCUT2D eigenvalue weighted by atomic mass is 16.3. The molecule has 0 unspecified atom stereocenters. The van der Waals surface area contributed by atoms with Crippen LogP contribution in [-0.4, -0.2) is 22.8 Å². The summed E-state index contributed by atoms with van der Waals surface area (Å²) in [7, 11) is 0. The van der Waals surface area contributed by atoms with Crippen LogP contribution in [0.25, 0.3) is 0 Å². The summed E-state index contributed by atoms with van der Waals surface area (Å²) >= 11 is 0. The van der Waals surface area contributed by atoms with Gasteiger partial charge in [0.25, 0.3) is 0 Å². The Morgan fingerprint density at radius 1 is 1.43 bits per heavy atom. The standard InChI is InChI=1S/C12H19NO/c1-3-12(14)8-9(2)13-11-7-5-4-6-10(11)12/h1,9-11,13-14H,4-8H2,2H3/t9-,10-,11+,12-/m0/s1. The van der Waals surface area contributed by atoms with Crippen LogP contribution in [0, 0.1) is 18.3 Å². The van der Waals surface area contributed by atoms with E-state index in [4.69, 9.17) is 6.42 Å². The normalized spacial score (nSPS) is 47.9. The van der Waals surface area contributed by atoms with Gasteiger partial charge in [0.2, 0.25) is 0 Å². The molecule has 2 aliphatic rings. The molecule has 2 fully saturated rings. The van der Waals surface area contributed by atoms with Crippen LogP contribution >= 0.6 is 0 Å². The van der Waals surface area contributed by atoms with E-state index in [2.05, 4.69) is 18.2 Å². The zero-order valence-corrected chi connectivity index (χ0v) is 8.79. The van der Waals surface area contributed by atoms with E-state index in [1.807, 2.05) is 0 Å². The van der Waals surface area contributed by atoms with Crippen molar-refractivity contribution in [1.29, 1.82) is 0 Å². The molecule has 1 saturated heterocycles. The SMILES string of the molecule is C#C[C@]1(O)C[C@H](C)N[C@@H]2CCCC[C@@H]21. The van der Waals surface area contributed by atoms with E-state index in [1.165, 1.54) is 19.3 Å². The Hall–Kier alpha value is -0.520. The number of piperidine rings is 1. The number of hydrogen-bond donors (Lipinski definition) is 2. The molecule has 2 rings (SSSR count). The van der Waals surface area contributed by atoms with Crippen molar-refractivity contribution < 1.29 is 5.11 Å². The zero-order valence-electron chi connectivity index (χ0n) is 8.79. The van der Waals surface area contributed by atoms with Crippen LogP contribution in [0.4, 0.5) is 0 Å². The van der Waals surface area contributed by atoms with Crippen molar-refractivity contribution in [2.45, 2.75) is 56.7 Å². The molecule has 1 aliphatic heterocycles. The molecule has 78 valence electrons. The molecule has 1 heterocycles. The lowest BCUT2D eigenvalue weighted by atomic mass is 9.69. The molecule has 1 aliphatic carbocycles. The lowest BCUT2D eigenvalue weighted by Crippen LogP contribution is -2.59. The molecule has 4 atom stereocenters. The summed E-state index contributed by atoms with van der Waals surface area (Å²) in [5, 5.41) is 13.9. The average Bonchev–Trinajstić information content (AvgIpc) is 2.17. The van der Waals surface area contributed by atoms with Crippen molar-refractivity contribution in [3.63, 3.8) is 0 Å². The first-order valence-electron chi connectivity index (χ1n) is 5.62. The van der Waals surface area contributed by atoms with E-state index in [-0.39, 0.29) is 5.92 Å². The topological polar surface area (TPSA) is 32.3 Å². The first kappa shape index (κ1) is 10.0. The number of terminal acetylenes is 1. The van der Waals surface area contributed by atoms with Gasteiger partial charge in [0.05, 0.1) is 0 Å². The average molecular weight is 193 g/mol. The molecule has 14 heavy (non-hydrogen) atoms. The van der Waals surface area contributed by atoms with Gasteiger partial charge in [0.1, 0.15) is 5.60 Å². The van der Waals surface area contributed by atoms with Gasteiger partial charge < -0.3 is 10.4 Å². The molecule has 2 nitrogen and oxygen atoms in total. The molecule has 0 aromatic carbocycles. The number of aliphatic hydroxyl groups is 1. The summed E-state index contributed by atoms with van der Waals surface area (Å²) in [5.74, 6) is 2.90. The Morgan fingerprint density at radius 2 is 2.14 bits per heavy atom. The zero-order chi connectivity index (χ0) is 10.2. The third-order valence-electron chi connectivity index (χ3n) is 3.75. The van der Waals surface area contributed by atoms with E-state index in [1.54, 1.807) is 0 Å².